The van der Waals surface area contributed by atoms with E-state index in [0.29, 0.717) is 31.3 Å². The highest BCUT2D eigenvalue weighted by Gasteiger charge is 2.81. The normalized spacial score (nSPS) is 40.2. The second-order valence-electron chi connectivity index (χ2n) is 11.6. The zero-order chi connectivity index (χ0) is 25.5. The van der Waals surface area contributed by atoms with E-state index in [1.54, 1.807) is 6.08 Å². The number of hydrogen-bond donors (Lipinski definition) is 0. The van der Waals surface area contributed by atoms with Crippen molar-refractivity contribution in [2.45, 2.75) is 51.7 Å². The van der Waals surface area contributed by atoms with E-state index in [1.807, 2.05) is 44.2 Å². The van der Waals surface area contributed by atoms with Crippen LogP contribution in [0.1, 0.15) is 45.1 Å². The molecular weight excluding hydrogens is 460 g/mol. The van der Waals surface area contributed by atoms with E-state index in [1.165, 1.54) is 6.08 Å². The summed E-state index contributed by atoms with van der Waals surface area (Å²) in [6, 6.07) is 9.31. The lowest BCUT2D eigenvalue weighted by atomic mass is 9.43. The molecule has 2 unspecified atom stereocenters. The van der Waals surface area contributed by atoms with Gasteiger partial charge >= 0.3 is 17.9 Å². The molecule has 3 aliphatic carbocycles. The van der Waals surface area contributed by atoms with Gasteiger partial charge in [-0.05, 0) is 54.2 Å². The average molecular weight is 491 g/mol. The number of fused-ring (bicyclic) bond motifs is 1. The molecule has 1 aromatic carbocycles. The molecule has 3 saturated carbocycles. The van der Waals surface area contributed by atoms with Crippen LogP contribution in [0.2, 0.25) is 0 Å². The maximum absolute atomic E-state index is 13.9. The van der Waals surface area contributed by atoms with E-state index in [2.05, 4.69) is 6.58 Å². The Bertz CT molecular complexity index is 1210. The monoisotopic (exact) mass is 490 g/mol. The summed E-state index contributed by atoms with van der Waals surface area (Å²) in [7, 11) is 0. The number of cyclic esters (lactones) is 1. The molecule has 1 aromatic rings. The highest BCUT2D eigenvalue weighted by molar-refractivity contribution is 6.16. The maximum Gasteiger partial charge on any atom is 0.331 e. The van der Waals surface area contributed by atoms with E-state index in [4.69, 9.17) is 14.2 Å². The molecule has 0 amide bonds. The maximum atomic E-state index is 13.9. The molecule has 2 bridgehead atoms. The molecule has 6 rings (SSSR count). The number of carbonyl (C=O) groups excluding carboxylic acids is 4. The van der Waals surface area contributed by atoms with Crippen molar-refractivity contribution in [3.05, 3.63) is 54.1 Å². The van der Waals surface area contributed by atoms with Crippen LogP contribution in [0.25, 0.3) is 6.08 Å². The molecule has 188 valence electrons. The molecule has 2 spiro atoms. The summed E-state index contributed by atoms with van der Waals surface area (Å²) < 4.78 is 17.7. The van der Waals surface area contributed by atoms with Gasteiger partial charge in [0.25, 0.3) is 0 Å². The van der Waals surface area contributed by atoms with Gasteiger partial charge in [0, 0.05) is 12.0 Å². The number of benzene rings is 1. The van der Waals surface area contributed by atoms with Crippen LogP contribution in [0.3, 0.4) is 0 Å². The lowest BCUT2D eigenvalue weighted by Crippen LogP contribution is -2.71. The van der Waals surface area contributed by atoms with Gasteiger partial charge in [-0.15, -0.1) is 0 Å². The molecule has 2 saturated heterocycles. The van der Waals surface area contributed by atoms with Gasteiger partial charge in [0.15, 0.2) is 11.2 Å². The standard InChI is InChI=1S/C29H30O7/c1-16-18-10-11-19-28-15-34-25(32)22(28)27(2,3)14-13-20(28)35-26(33)29(19,23(16)31)24(18)36-21(30)12-9-17-7-5-4-6-8-17/h4-9,12,18-20,22,24H,1,10-11,13-15H2,2-3H3/b12-9+/t18-,19?,20-,22?,24-,28+,29-/m0/s1. The first-order valence-corrected chi connectivity index (χ1v) is 12.7. The van der Waals surface area contributed by atoms with Gasteiger partial charge < -0.3 is 14.2 Å². The van der Waals surface area contributed by atoms with Crippen LogP contribution in [0.15, 0.2) is 48.6 Å². The highest BCUT2D eigenvalue weighted by atomic mass is 16.6. The van der Waals surface area contributed by atoms with Crippen molar-refractivity contribution < 1.29 is 33.4 Å². The predicted octanol–water partition coefficient (Wildman–Crippen LogP) is 3.67. The number of rotatable bonds is 3. The minimum atomic E-state index is -1.70. The molecule has 2 heterocycles. The lowest BCUT2D eigenvalue weighted by Gasteiger charge is -2.61. The number of ketones is 1. The Balaban J connectivity index is 1.42. The highest BCUT2D eigenvalue weighted by Crippen LogP contribution is 2.71. The summed E-state index contributed by atoms with van der Waals surface area (Å²) in [5.41, 5.74) is -1.79. The van der Waals surface area contributed by atoms with Crippen LogP contribution in [-0.2, 0) is 33.4 Å². The summed E-state index contributed by atoms with van der Waals surface area (Å²) in [6.07, 6.45) is 3.80. The summed E-state index contributed by atoms with van der Waals surface area (Å²) in [6.45, 7) is 8.20. The van der Waals surface area contributed by atoms with Gasteiger partial charge in [0.1, 0.15) is 18.8 Å². The Morgan fingerprint density at radius 1 is 1.11 bits per heavy atom. The molecule has 0 N–H and O–H groups in total. The lowest BCUT2D eigenvalue weighted by molar-refractivity contribution is -0.246. The zero-order valence-corrected chi connectivity index (χ0v) is 20.5. The van der Waals surface area contributed by atoms with Gasteiger partial charge in [0.05, 0.1) is 11.3 Å². The van der Waals surface area contributed by atoms with Crippen molar-refractivity contribution in [1.29, 1.82) is 0 Å². The van der Waals surface area contributed by atoms with Gasteiger partial charge in [0.2, 0.25) is 0 Å². The first kappa shape index (κ1) is 23.2. The first-order valence-electron chi connectivity index (χ1n) is 12.7. The predicted molar refractivity (Wildman–Crippen MR) is 128 cm³/mol. The molecule has 0 radical (unpaired) electrons. The SMILES string of the molecule is C=C1C(=O)[C@@]23C(=O)O[C@H]4CCC(C)(C)C5C(=O)OC[C@]54C2CC[C@@H]1[C@@H]3OC(=O)/C=C/c1ccccc1. The van der Waals surface area contributed by atoms with Gasteiger partial charge in [-0.3, -0.25) is 14.4 Å². The van der Waals surface area contributed by atoms with Crippen LogP contribution < -0.4 is 0 Å². The Morgan fingerprint density at radius 2 is 1.86 bits per heavy atom. The fourth-order valence-corrected chi connectivity index (χ4v) is 8.18. The third kappa shape index (κ3) is 2.80. The van der Waals surface area contributed by atoms with Crippen molar-refractivity contribution in [3.8, 4) is 0 Å². The zero-order valence-electron chi connectivity index (χ0n) is 20.5. The molecule has 0 aromatic heterocycles. The molecule has 36 heavy (non-hydrogen) atoms. The molecule has 7 atom stereocenters. The van der Waals surface area contributed by atoms with Crippen LogP contribution in [0.5, 0.6) is 0 Å². The Morgan fingerprint density at radius 3 is 2.61 bits per heavy atom. The molecule has 5 aliphatic rings. The summed E-state index contributed by atoms with van der Waals surface area (Å²) >= 11 is 0. The van der Waals surface area contributed by atoms with Crippen LogP contribution in [0, 0.1) is 34.0 Å². The van der Waals surface area contributed by atoms with Crippen LogP contribution in [0.4, 0.5) is 0 Å². The van der Waals surface area contributed by atoms with Crippen molar-refractivity contribution in [2.24, 2.45) is 34.0 Å². The summed E-state index contributed by atoms with van der Waals surface area (Å²) in [5, 5.41) is 0. The third-order valence-corrected chi connectivity index (χ3v) is 9.60. The fourth-order valence-electron chi connectivity index (χ4n) is 8.18. The minimum Gasteiger partial charge on any atom is -0.465 e. The minimum absolute atomic E-state index is 0.100. The number of hydrogen-bond acceptors (Lipinski definition) is 7. The van der Waals surface area contributed by atoms with E-state index < -0.39 is 58.5 Å². The van der Waals surface area contributed by atoms with Crippen molar-refractivity contribution >= 4 is 29.8 Å². The topological polar surface area (TPSA) is 96.0 Å². The molecule has 5 fully saturated rings. The second-order valence-corrected chi connectivity index (χ2v) is 11.6. The van der Waals surface area contributed by atoms with Gasteiger partial charge in [-0.2, -0.15) is 0 Å². The van der Waals surface area contributed by atoms with Crippen molar-refractivity contribution in [3.63, 3.8) is 0 Å². The average Bonchev–Trinajstić information content (AvgIpc) is 3.27. The first-order chi connectivity index (χ1) is 17.1. The number of carbonyl (C=O) groups is 4. The number of Topliss-reactive ketones (excluding diaryl/α,β-unsaturated/α-hetero) is 1. The summed E-state index contributed by atoms with van der Waals surface area (Å²) in [4.78, 5) is 53.8. The quantitative estimate of drug-likeness (QED) is 0.276. The smallest absolute Gasteiger partial charge is 0.331 e. The van der Waals surface area contributed by atoms with Crippen LogP contribution >= 0.6 is 0 Å². The fraction of sp³-hybridized carbons (Fsp3) is 0.517. The Labute approximate surface area is 209 Å². The van der Waals surface area contributed by atoms with E-state index in [9.17, 15) is 19.2 Å². The Hall–Kier alpha value is -3.22. The van der Waals surface area contributed by atoms with Gasteiger partial charge in [-0.1, -0.05) is 50.8 Å². The Kier molecular flexibility index (Phi) is 4.92. The number of ether oxygens (including phenoxy) is 3. The molecule has 7 nitrogen and oxygen atoms in total. The van der Waals surface area contributed by atoms with E-state index >= 15 is 0 Å². The van der Waals surface area contributed by atoms with Crippen molar-refractivity contribution in [1.82, 2.24) is 0 Å². The largest absolute Gasteiger partial charge is 0.465 e. The third-order valence-electron chi connectivity index (χ3n) is 9.60. The molecule has 2 aliphatic heterocycles. The van der Waals surface area contributed by atoms with Crippen LogP contribution in [-0.4, -0.2) is 42.5 Å². The summed E-state index contributed by atoms with van der Waals surface area (Å²) in [5.74, 6) is -3.52. The van der Waals surface area contributed by atoms with Gasteiger partial charge in [-0.25, -0.2) is 4.79 Å². The second kappa shape index (κ2) is 7.64. The molecular formula is C29H30O7. The van der Waals surface area contributed by atoms with E-state index in [0.717, 1.165) is 5.56 Å². The van der Waals surface area contributed by atoms with Crippen molar-refractivity contribution in [2.75, 3.05) is 6.61 Å². The number of esters is 3. The molecule has 7 heteroatoms. The van der Waals surface area contributed by atoms with E-state index in [-0.39, 0.29) is 18.0 Å².